The Morgan fingerprint density at radius 3 is 1.39 bits per heavy atom. The van der Waals surface area contributed by atoms with Crippen LogP contribution in [0.25, 0.3) is 0 Å². The lowest BCUT2D eigenvalue weighted by atomic mass is 10.1. The van der Waals surface area contributed by atoms with Gasteiger partial charge in [0.15, 0.2) is 0 Å². The molecule has 2 heteroatoms. The maximum atomic E-state index is 2.76. The van der Waals surface area contributed by atoms with Crippen LogP contribution in [0.5, 0.6) is 0 Å². The van der Waals surface area contributed by atoms with Crippen LogP contribution in [-0.4, -0.2) is 50.1 Å². The fourth-order valence-corrected chi connectivity index (χ4v) is 4.39. The van der Waals surface area contributed by atoms with Gasteiger partial charge >= 0.3 is 0 Å². The summed E-state index contributed by atoms with van der Waals surface area (Å²) in [7, 11) is 4.39. The van der Waals surface area contributed by atoms with Gasteiger partial charge in [0.2, 0.25) is 0 Å². The SMILES string of the molecule is CCCCC/C=C\C/C=C\CCCCCCCCN(CCCCCCCC)CCCN(C)C. The number of unbranched alkanes of at least 4 members (excludes halogenated alkanes) is 14. The van der Waals surface area contributed by atoms with Crippen LogP contribution in [0.2, 0.25) is 0 Å². The van der Waals surface area contributed by atoms with E-state index < -0.39 is 0 Å². The van der Waals surface area contributed by atoms with Crippen molar-refractivity contribution in [3.8, 4) is 0 Å². The van der Waals surface area contributed by atoms with Crippen molar-refractivity contribution in [1.82, 2.24) is 9.80 Å². The van der Waals surface area contributed by atoms with E-state index in [9.17, 15) is 0 Å². The maximum absolute atomic E-state index is 2.76. The van der Waals surface area contributed by atoms with Crippen LogP contribution in [0, 0.1) is 0 Å². The zero-order valence-corrected chi connectivity index (χ0v) is 23.5. The molecular formula is C31H62N2. The van der Waals surface area contributed by atoms with Gasteiger partial charge in [-0.25, -0.2) is 0 Å². The van der Waals surface area contributed by atoms with Gasteiger partial charge in [-0.2, -0.15) is 0 Å². The van der Waals surface area contributed by atoms with E-state index in [1.54, 1.807) is 0 Å². The molecule has 0 spiro atoms. The summed E-state index contributed by atoms with van der Waals surface area (Å²) >= 11 is 0. The lowest BCUT2D eigenvalue weighted by Crippen LogP contribution is -2.29. The van der Waals surface area contributed by atoms with E-state index in [4.69, 9.17) is 0 Å². The molecule has 0 fully saturated rings. The second-order valence-electron chi connectivity index (χ2n) is 10.4. The minimum Gasteiger partial charge on any atom is -0.309 e. The Hall–Kier alpha value is -0.600. The van der Waals surface area contributed by atoms with Gasteiger partial charge in [0.25, 0.3) is 0 Å². The van der Waals surface area contributed by atoms with Crippen molar-refractivity contribution in [2.24, 2.45) is 0 Å². The van der Waals surface area contributed by atoms with Gasteiger partial charge in [-0.1, -0.05) is 109 Å². The first-order chi connectivity index (χ1) is 16.2. The van der Waals surface area contributed by atoms with Gasteiger partial charge in [-0.15, -0.1) is 0 Å². The first-order valence-electron chi connectivity index (χ1n) is 14.9. The van der Waals surface area contributed by atoms with Crippen molar-refractivity contribution in [3.05, 3.63) is 24.3 Å². The molecule has 0 radical (unpaired) electrons. The number of nitrogens with zero attached hydrogens (tertiary/aromatic N) is 2. The van der Waals surface area contributed by atoms with Crippen molar-refractivity contribution in [3.63, 3.8) is 0 Å². The second-order valence-corrected chi connectivity index (χ2v) is 10.4. The molecule has 33 heavy (non-hydrogen) atoms. The summed E-state index contributed by atoms with van der Waals surface area (Å²) in [6.45, 7) is 9.72. The van der Waals surface area contributed by atoms with Crippen LogP contribution in [0.15, 0.2) is 24.3 Å². The Bertz CT molecular complexity index is 413. The summed E-state index contributed by atoms with van der Waals surface area (Å²) in [5.41, 5.74) is 0. The van der Waals surface area contributed by atoms with Crippen LogP contribution in [-0.2, 0) is 0 Å². The Morgan fingerprint density at radius 2 is 0.848 bits per heavy atom. The maximum Gasteiger partial charge on any atom is -0.000655 e. The van der Waals surface area contributed by atoms with Crippen molar-refractivity contribution in [2.75, 3.05) is 40.3 Å². The molecule has 0 aromatic rings. The van der Waals surface area contributed by atoms with Crippen LogP contribution in [0.3, 0.4) is 0 Å². The predicted molar refractivity (Wildman–Crippen MR) is 152 cm³/mol. The average Bonchev–Trinajstić information content (AvgIpc) is 2.80. The third kappa shape index (κ3) is 27.5. The lowest BCUT2D eigenvalue weighted by Gasteiger charge is -2.23. The molecule has 0 atom stereocenters. The molecule has 0 amide bonds. The molecule has 0 aliphatic carbocycles. The quantitative estimate of drug-likeness (QED) is 0.0932. The zero-order valence-electron chi connectivity index (χ0n) is 23.5. The third-order valence-electron chi connectivity index (χ3n) is 6.58. The Labute approximate surface area is 210 Å². The van der Waals surface area contributed by atoms with E-state index in [1.807, 2.05) is 0 Å². The minimum absolute atomic E-state index is 1.12. The van der Waals surface area contributed by atoms with Gasteiger partial charge in [-0.3, -0.25) is 0 Å². The molecule has 0 aromatic carbocycles. The Kier molecular flexibility index (Phi) is 27.1. The normalized spacial score (nSPS) is 12.3. The van der Waals surface area contributed by atoms with E-state index in [1.165, 1.54) is 142 Å². The van der Waals surface area contributed by atoms with Crippen molar-refractivity contribution < 1.29 is 0 Å². The van der Waals surface area contributed by atoms with Gasteiger partial charge < -0.3 is 9.80 Å². The molecule has 0 rings (SSSR count). The molecule has 0 saturated carbocycles. The fraction of sp³-hybridized carbons (Fsp3) is 0.871. The van der Waals surface area contributed by atoms with E-state index in [0.717, 1.165) is 6.42 Å². The van der Waals surface area contributed by atoms with Gasteiger partial charge in [0.1, 0.15) is 0 Å². The Morgan fingerprint density at radius 1 is 0.424 bits per heavy atom. The third-order valence-corrected chi connectivity index (χ3v) is 6.58. The molecule has 2 nitrogen and oxygen atoms in total. The van der Waals surface area contributed by atoms with Gasteiger partial charge in [0, 0.05) is 0 Å². The zero-order chi connectivity index (χ0) is 24.2. The molecule has 0 heterocycles. The summed E-state index contributed by atoms with van der Waals surface area (Å²) in [5, 5.41) is 0. The van der Waals surface area contributed by atoms with Gasteiger partial charge in [0.05, 0.1) is 0 Å². The molecule has 0 aliphatic rings. The standard InChI is InChI=1S/C31H62N2/c1-5-7-9-11-13-14-15-16-17-18-19-20-21-22-24-26-30-33(31-27-28-32(3)4)29-25-23-12-10-8-6-2/h13-14,16-17H,5-12,15,18-31H2,1-4H3/b14-13-,17-16-. The molecular weight excluding hydrogens is 400 g/mol. The Balaban J connectivity index is 3.68. The minimum atomic E-state index is 1.12. The van der Waals surface area contributed by atoms with E-state index in [0.29, 0.717) is 0 Å². The molecule has 0 aliphatic heterocycles. The smallest absolute Gasteiger partial charge is 0.000655 e. The number of hydrogen-bond donors (Lipinski definition) is 0. The predicted octanol–water partition coefficient (Wildman–Crippen LogP) is 9.41. The number of rotatable bonds is 26. The highest BCUT2D eigenvalue weighted by atomic mass is 15.1. The molecule has 0 saturated heterocycles. The van der Waals surface area contributed by atoms with Crippen molar-refractivity contribution in [1.29, 1.82) is 0 Å². The van der Waals surface area contributed by atoms with Crippen LogP contribution < -0.4 is 0 Å². The molecule has 0 N–H and O–H groups in total. The largest absolute Gasteiger partial charge is 0.309 e. The summed E-state index contributed by atoms with van der Waals surface area (Å²) in [4.78, 5) is 5.08. The lowest BCUT2D eigenvalue weighted by molar-refractivity contribution is 0.244. The first-order valence-corrected chi connectivity index (χ1v) is 14.9. The topological polar surface area (TPSA) is 6.48 Å². The first kappa shape index (κ1) is 32.4. The van der Waals surface area contributed by atoms with Crippen LogP contribution in [0.1, 0.15) is 136 Å². The molecule has 0 bridgehead atoms. The van der Waals surface area contributed by atoms with Crippen molar-refractivity contribution >= 4 is 0 Å². The summed E-state index contributed by atoms with van der Waals surface area (Å²) in [5.74, 6) is 0. The number of hydrogen-bond acceptors (Lipinski definition) is 2. The van der Waals surface area contributed by atoms with E-state index >= 15 is 0 Å². The van der Waals surface area contributed by atoms with Crippen LogP contribution in [0.4, 0.5) is 0 Å². The average molecular weight is 463 g/mol. The molecule has 0 unspecified atom stereocenters. The summed E-state index contributed by atoms with van der Waals surface area (Å²) in [6, 6.07) is 0. The number of allylic oxidation sites excluding steroid dienone is 4. The van der Waals surface area contributed by atoms with E-state index in [2.05, 4.69) is 62.0 Å². The highest BCUT2D eigenvalue weighted by molar-refractivity contribution is 4.92. The highest BCUT2D eigenvalue weighted by Gasteiger charge is 2.05. The molecule has 196 valence electrons. The summed E-state index contributed by atoms with van der Waals surface area (Å²) < 4.78 is 0. The van der Waals surface area contributed by atoms with Crippen molar-refractivity contribution in [2.45, 2.75) is 136 Å². The van der Waals surface area contributed by atoms with Crippen LogP contribution >= 0.6 is 0 Å². The van der Waals surface area contributed by atoms with Gasteiger partial charge in [-0.05, 0) is 91.6 Å². The second kappa shape index (κ2) is 27.6. The fourth-order valence-electron chi connectivity index (χ4n) is 4.39. The molecule has 0 aromatic heterocycles. The van der Waals surface area contributed by atoms with E-state index in [-0.39, 0.29) is 0 Å². The highest BCUT2D eigenvalue weighted by Crippen LogP contribution is 2.11. The monoisotopic (exact) mass is 462 g/mol. The summed E-state index contributed by atoms with van der Waals surface area (Å²) in [6.07, 6.45) is 35.3.